The van der Waals surface area contributed by atoms with Crippen LogP contribution in [0.4, 0.5) is 0 Å². The molecule has 1 aromatic rings. The Morgan fingerprint density at radius 1 is 1.00 bits per heavy atom. The molecule has 0 radical (unpaired) electrons. The lowest BCUT2D eigenvalue weighted by Crippen LogP contribution is -1.94. The molecule has 0 fully saturated rings. The first-order valence-electron chi connectivity index (χ1n) is 5.44. The molecule has 0 saturated heterocycles. The second-order valence-electron chi connectivity index (χ2n) is 3.28. The lowest BCUT2D eigenvalue weighted by molar-refractivity contribution is 0.401. The molecule has 1 rings (SSSR count). The molecule has 0 atom stereocenters. The van der Waals surface area contributed by atoms with Crippen LogP contribution in [0.25, 0.3) is 0 Å². The first-order valence-corrected chi connectivity index (χ1v) is 5.44. The molecule has 0 bridgehead atoms. The van der Waals surface area contributed by atoms with Gasteiger partial charge in [0.25, 0.3) is 0 Å². The second-order valence-corrected chi connectivity index (χ2v) is 3.28. The molecule has 17 heavy (non-hydrogen) atoms. The summed E-state index contributed by atoms with van der Waals surface area (Å²) in [6.45, 7) is 3.80. The third-order valence-electron chi connectivity index (χ3n) is 2.18. The maximum Gasteiger partial charge on any atom is 0.135 e. The van der Waals surface area contributed by atoms with Crippen molar-refractivity contribution in [3.8, 4) is 35.2 Å². The summed E-state index contributed by atoms with van der Waals surface area (Å²) in [4.78, 5) is 0. The van der Waals surface area contributed by atoms with Crippen molar-refractivity contribution in [2.75, 3.05) is 14.2 Å². The first kappa shape index (κ1) is 13.0. The van der Waals surface area contributed by atoms with E-state index >= 15 is 0 Å². The molecule has 0 saturated carbocycles. The fraction of sp³-hybridized carbons (Fsp3) is 0.333. The summed E-state index contributed by atoms with van der Waals surface area (Å²) in [5.74, 6) is 13.4. The molecule has 0 spiro atoms. The van der Waals surface area contributed by atoms with E-state index in [-0.39, 0.29) is 0 Å². The van der Waals surface area contributed by atoms with E-state index in [0.29, 0.717) is 0 Å². The predicted octanol–water partition coefficient (Wildman–Crippen LogP) is 2.84. The quantitative estimate of drug-likeness (QED) is 0.725. The minimum absolute atomic E-state index is 0.723. The third kappa shape index (κ3) is 3.20. The molecule has 0 N–H and O–H groups in total. The van der Waals surface area contributed by atoms with E-state index in [9.17, 15) is 0 Å². The molecule has 0 unspecified atom stereocenters. The summed E-state index contributed by atoms with van der Waals surface area (Å²) in [6.07, 6.45) is 0.808. The summed E-state index contributed by atoms with van der Waals surface area (Å²) in [7, 11) is 3.25. The van der Waals surface area contributed by atoms with Crippen LogP contribution in [0.5, 0.6) is 11.5 Å². The first-order chi connectivity index (χ1) is 8.26. The number of ether oxygens (including phenoxy) is 2. The largest absolute Gasteiger partial charge is 0.495 e. The smallest absolute Gasteiger partial charge is 0.135 e. The summed E-state index contributed by atoms with van der Waals surface area (Å²) in [5, 5.41) is 0. The molecule has 0 aromatic heterocycles. The van der Waals surface area contributed by atoms with E-state index in [1.54, 1.807) is 21.1 Å². The van der Waals surface area contributed by atoms with Crippen LogP contribution in [0.1, 0.15) is 31.4 Å². The van der Waals surface area contributed by atoms with E-state index in [1.165, 1.54) is 0 Å². The van der Waals surface area contributed by atoms with Gasteiger partial charge in [0.1, 0.15) is 11.5 Å². The van der Waals surface area contributed by atoms with Crippen LogP contribution >= 0.6 is 0 Å². The fourth-order valence-corrected chi connectivity index (χ4v) is 1.41. The van der Waals surface area contributed by atoms with Gasteiger partial charge in [-0.15, -0.1) is 5.92 Å². The number of rotatable bonds is 2. The van der Waals surface area contributed by atoms with Crippen LogP contribution in [-0.2, 0) is 0 Å². The Balaban J connectivity index is 3.35. The van der Waals surface area contributed by atoms with Gasteiger partial charge in [-0.05, 0) is 6.92 Å². The fourth-order valence-electron chi connectivity index (χ4n) is 1.41. The van der Waals surface area contributed by atoms with Gasteiger partial charge in [0.05, 0.1) is 25.3 Å². The van der Waals surface area contributed by atoms with Crippen LogP contribution < -0.4 is 9.47 Å². The summed E-state index contributed by atoms with van der Waals surface area (Å²) < 4.78 is 10.6. The lowest BCUT2D eigenvalue weighted by atomic mass is 10.1. The molecule has 88 valence electrons. The second kappa shape index (κ2) is 6.51. The average molecular weight is 228 g/mol. The molecule has 0 aliphatic heterocycles. The Morgan fingerprint density at radius 3 is 1.94 bits per heavy atom. The van der Waals surface area contributed by atoms with Gasteiger partial charge in [0.15, 0.2) is 0 Å². The normalized spacial score (nSPS) is 8.47. The van der Waals surface area contributed by atoms with Gasteiger partial charge in [-0.1, -0.05) is 24.7 Å². The minimum Gasteiger partial charge on any atom is -0.495 e. The van der Waals surface area contributed by atoms with Crippen molar-refractivity contribution < 1.29 is 9.47 Å². The molecule has 0 heterocycles. The van der Waals surface area contributed by atoms with E-state index in [0.717, 1.165) is 29.0 Å². The summed E-state index contributed by atoms with van der Waals surface area (Å²) in [6, 6.07) is 3.72. The van der Waals surface area contributed by atoms with Gasteiger partial charge < -0.3 is 9.47 Å². The van der Waals surface area contributed by atoms with Gasteiger partial charge >= 0.3 is 0 Å². The van der Waals surface area contributed by atoms with Crippen molar-refractivity contribution >= 4 is 0 Å². The number of hydrogen-bond donors (Lipinski definition) is 0. The van der Waals surface area contributed by atoms with Crippen molar-refractivity contribution in [3.63, 3.8) is 0 Å². The van der Waals surface area contributed by atoms with Gasteiger partial charge in [-0.2, -0.15) is 0 Å². The van der Waals surface area contributed by atoms with Gasteiger partial charge in [0, 0.05) is 18.6 Å². The Morgan fingerprint density at radius 2 is 1.53 bits per heavy atom. The summed E-state index contributed by atoms with van der Waals surface area (Å²) >= 11 is 0. The monoisotopic (exact) mass is 228 g/mol. The van der Waals surface area contributed by atoms with Crippen LogP contribution in [0.2, 0.25) is 0 Å². The van der Waals surface area contributed by atoms with Crippen LogP contribution in [0.15, 0.2) is 12.1 Å². The van der Waals surface area contributed by atoms with E-state index in [4.69, 9.17) is 9.47 Å². The maximum absolute atomic E-state index is 5.30. The highest BCUT2D eigenvalue weighted by Gasteiger charge is 2.08. The molecule has 0 aliphatic carbocycles. The zero-order chi connectivity index (χ0) is 12.7. The molecule has 0 amide bonds. The standard InChI is InChI=1S/C15H16O2/c1-5-7-9-13-11-14(16-3)12(8-6-2)10-15(13)17-4/h10-11H,5H2,1-4H3. The number of benzene rings is 1. The number of methoxy groups -OCH3 is 2. The SMILES string of the molecule is CC#Cc1cc(OC)c(C#CCC)cc1OC. The average Bonchev–Trinajstić information content (AvgIpc) is 2.36. The van der Waals surface area contributed by atoms with Crippen molar-refractivity contribution in [1.82, 2.24) is 0 Å². The highest BCUT2D eigenvalue weighted by molar-refractivity contribution is 5.58. The van der Waals surface area contributed by atoms with Crippen LogP contribution in [-0.4, -0.2) is 14.2 Å². The molecule has 0 aliphatic rings. The topological polar surface area (TPSA) is 18.5 Å². The van der Waals surface area contributed by atoms with Crippen molar-refractivity contribution in [2.45, 2.75) is 20.3 Å². The van der Waals surface area contributed by atoms with Crippen molar-refractivity contribution in [1.29, 1.82) is 0 Å². The zero-order valence-electron chi connectivity index (χ0n) is 10.7. The van der Waals surface area contributed by atoms with Crippen LogP contribution in [0.3, 0.4) is 0 Å². The van der Waals surface area contributed by atoms with Crippen molar-refractivity contribution in [2.24, 2.45) is 0 Å². The van der Waals surface area contributed by atoms with Crippen molar-refractivity contribution in [3.05, 3.63) is 23.3 Å². The Hall–Kier alpha value is -2.06. The molecular formula is C15H16O2. The van der Waals surface area contributed by atoms with E-state index in [2.05, 4.69) is 23.7 Å². The third-order valence-corrected chi connectivity index (χ3v) is 2.18. The van der Waals surface area contributed by atoms with E-state index in [1.807, 2.05) is 19.1 Å². The number of hydrogen-bond acceptors (Lipinski definition) is 2. The highest BCUT2D eigenvalue weighted by atomic mass is 16.5. The van der Waals surface area contributed by atoms with Gasteiger partial charge in [-0.25, -0.2) is 0 Å². The zero-order valence-corrected chi connectivity index (χ0v) is 10.7. The van der Waals surface area contributed by atoms with Gasteiger partial charge in [-0.3, -0.25) is 0 Å². The predicted molar refractivity (Wildman–Crippen MR) is 69.3 cm³/mol. The highest BCUT2D eigenvalue weighted by Crippen LogP contribution is 2.27. The molecular weight excluding hydrogens is 212 g/mol. The Labute approximate surface area is 103 Å². The Bertz CT molecular complexity index is 507. The molecule has 1 aromatic carbocycles. The Kier molecular flexibility index (Phi) is 4.98. The maximum atomic E-state index is 5.30. The van der Waals surface area contributed by atoms with Gasteiger partial charge in [0.2, 0.25) is 0 Å². The molecule has 2 heteroatoms. The molecule has 2 nitrogen and oxygen atoms in total. The lowest BCUT2D eigenvalue weighted by Gasteiger charge is -2.08. The van der Waals surface area contributed by atoms with Crippen LogP contribution in [0, 0.1) is 23.7 Å². The summed E-state index contributed by atoms with van der Waals surface area (Å²) in [5.41, 5.74) is 1.64. The minimum atomic E-state index is 0.723. The van der Waals surface area contributed by atoms with E-state index < -0.39 is 0 Å².